The van der Waals surface area contributed by atoms with Crippen LogP contribution in [0.25, 0.3) is 0 Å². The van der Waals surface area contributed by atoms with Gasteiger partial charge in [0.05, 0.1) is 16.2 Å². The first kappa shape index (κ1) is 20.4. The second kappa shape index (κ2) is 8.32. The van der Waals surface area contributed by atoms with E-state index in [4.69, 9.17) is 0 Å². The quantitative estimate of drug-likeness (QED) is 0.430. The lowest BCUT2D eigenvalue weighted by atomic mass is 10.2. The third kappa shape index (κ3) is 4.55. The van der Waals surface area contributed by atoms with Gasteiger partial charge in [0.15, 0.2) is 4.90 Å². The smallest absolute Gasteiger partial charge is 0.289 e. The van der Waals surface area contributed by atoms with Gasteiger partial charge < -0.3 is 0 Å². The van der Waals surface area contributed by atoms with E-state index in [1.807, 2.05) is 6.92 Å². The monoisotopic (exact) mass is 433 g/mol. The number of anilines is 2. The molecule has 2 aromatic carbocycles. The summed E-state index contributed by atoms with van der Waals surface area (Å²) < 4.78 is 27.7. The van der Waals surface area contributed by atoms with E-state index in [1.165, 1.54) is 41.7 Å². The molecule has 12 heteroatoms. The Morgan fingerprint density at radius 3 is 2.52 bits per heavy atom. The molecule has 0 radical (unpaired) electrons. The van der Waals surface area contributed by atoms with Gasteiger partial charge in [0.25, 0.3) is 21.6 Å². The van der Waals surface area contributed by atoms with E-state index in [0.717, 1.165) is 17.1 Å². The van der Waals surface area contributed by atoms with E-state index in [9.17, 15) is 23.3 Å². The average Bonchev–Trinajstić information content (AvgIpc) is 3.15. The maximum absolute atomic E-state index is 12.7. The number of sulfonamides is 1. The molecule has 150 valence electrons. The van der Waals surface area contributed by atoms with Crippen LogP contribution in [0.3, 0.4) is 0 Å². The number of amides is 1. The van der Waals surface area contributed by atoms with Crippen molar-refractivity contribution in [3.8, 4) is 0 Å². The van der Waals surface area contributed by atoms with Gasteiger partial charge in [-0.05, 0) is 24.6 Å². The zero-order valence-electron chi connectivity index (χ0n) is 15.0. The van der Waals surface area contributed by atoms with E-state index < -0.39 is 31.4 Å². The molecule has 0 aliphatic heterocycles. The minimum absolute atomic E-state index is 0.0246. The Kier molecular flexibility index (Phi) is 5.84. The normalized spacial score (nSPS) is 11.1. The van der Waals surface area contributed by atoms with Crippen LogP contribution in [-0.2, 0) is 16.4 Å². The number of benzene rings is 2. The van der Waals surface area contributed by atoms with Gasteiger partial charge >= 0.3 is 0 Å². The number of aryl methyl sites for hydroxylation is 1. The number of para-hydroxylation sites is 2. The topological polar surface area (TPSA) is 144 Å². The van der Waals surface area contributed by atoms with Crippen molar-refractivity contribution in [1.82, 2.24) is 10.2 Å². The highest BCUT2D eigenvalue weighted by Crippen LogP contribution is 2.27. The Morgan fingerprint density at radius 2 is 1.83 bits per heavy atom. The predicted molar refractivity (Wildman–Crippen MR) is 108 cm³/mol. The van der Waals surface area contributed by atoms with Crippen molar-refractivity contribution in [3.05, 3.63) is 69.2 Å². The third-order valence-corrected chi connectivity index (χ3v) is 6.15. The molecule has 0 aliphatic carbocycles. The van der Waals surface area contributed by atoms with Crippen molar-refractivity contribution in [2.75, 3.05) is 10.0 Å². The fraction of sp³-hybridized carbons (Fsp3) is 0.118. The maximum Gasteiger partial charge on any atom is 0.289 e. The molecule has 0 saturated heterocycles. The van der Waals surface area contributed by atoms with Crippen LogP contribution < -0.4 is 10.0 Å². The van der Waals surface area contributed by atoms with Crippen molar-refractivity contribution >= 4 is 43.8 Å². The second-order valence-corrected chi connectivity index (χ2v) is 8.40. The van der Waals surface area contributed by atoms with Gasteiger partial charge in [-0.15, -0.1) is 10.2 Å². The zero-order valence-corrected chi connectivity index (χ0v) is 16.7. The highest BCUT2D eigenvalue weighted by molar-refractivity contribution is 7.92. The number of hydrogen-bond donors (Lipinski definition) is 2. The number of nitrogens with zero attached hydrogens (tertiary/aromatic N) is 3. The Hall–Kier alpha value is -3.38. The molecule has 1 heterocycles. The molecule has 10 nitrogen and oxygen atoms in total. The van der Waals surface area contributed by atoms with E-state index in [2.05, 4.69) is 20.2 Å². The molecule has 0 bridgehead atoms. The van der Waals surface area contributed by atoms with Crippen molar-refractivity contribution in [1.29, 1.82) is 0 Å². The average molecular weight is 433 g/mol. The first-order chi connectivity index (χ1) is 13.8. The number of nitro groups is 1. The van der Waals surface area contributed by atoms with Crippen LogP contribution in [0.2, 0.25) is 0 Å². The zero-order chi connectivity index (χ0) is 21.0. The van der Waals surface area contributed by atoms with E-state index in [-0.39, 0.29) is 16.4 Å². The minimum Gasteiger partial charge on any atom is -0.296 e. The largest absolute Gasteiger partial charge is 0.296 e. The summed E-state index contributed by atoms with van der Waals surface area (Å²) in [5.74, 6) is -0.593. The molecule has 2 N–H and O–H groups in total. The summed E-state index contributed by atoms with van der Waals surface area (Å²) in [5.41, 5.74) is -0.561. The van der Waals surface area contributed by atoms with E-state index in [0.29, 0.717) is 6.42 Å². The molecule has 0 spiro atoms. The molecule has 0 fully saturated rings. The fourth-order valence-electron chi connectivity index (χ4n) is 2.42. The van der Waals surface area contributed by atoms with Crippen LogP contribution in [-0.4, -0.2) is 29.4 Å². The highest BCUT2D eigenvalue weighted by atomic mass is 32.2. The van der Waals surface area contributed by atoms with Crippen LogP contribution in [0.4, 0.5) is 16.5 Å². The number of rotatable bonds is 7. The van der Waals surface area contributed by atoms with Gasteiger partial charge in [-0.1, -0.05) is 42.5 Å². The van der Waals surface area contributed by atoms with Crippen LogP contribution in [0.1, 0.15) is 22.3 Å². The molecule has 0 atom stereocenters. The Balaban J connectivity index is 1.91. The van der Waals surface area contributed by atoms with Gasteiger partial charge in [-0.25, -0.2) is 8.42 Å². The molecular formula is C17H15N5O5S2. The molecule has 0 unspecified atom stereocenters. The summed E-state index contributed by atoms with van der Waals surface area (Å²) in [6, 6.07) is 10.9. The lowest BCUT2D eigenvalue weighted by Crippen LogP contribution is -2.19. The van der Waals surface area contributed by atoms with Crippen LogP contribution in [0.5, 0.6) is 0 Å². The third-order valence-electron chi connectivity index (χ3n) is 3.76. The minimum atomic E-state index is -4.31. The first-order valence-corrected chi connectivity index (χ1v) is 10.6. The summed E-state index contributed by atoms with van der Waals surface area (Å²) in [7, 11) is -4.31. The van der Waals surface area contributed by atoms with Crippen LogP contribution in [0.15, 0.2) is 53.4 Å². The number of carbonyl (C=O) groups is 1. The first-order valence-electron chi connectivity index (χ1n) is 8.31. The maximum atomic E-state index is 12.7. The Morgan fingerprint density at radius 1 is 1.14 bits per heavy atom. The van der Waals surface area contributed by atoms with E-state index in [1.54, 1.807) is 6.07 Å². The standard InChI is InChI=1S/C17H15N5O5S2/c1-2-15-19-20-17(28-15)18-16(23)11-7-3-4-8-12(11)21-29(26,27)14-10-6-5-9-13(14)22(24)25/h3-10,21H,2H2,1H3,(H,18,20,23). The van der Waals surface area contributed by atoms with Gasteiger partial charge in [-0.2, -0.15) is 0 Å². The fourth-order valence-corrected chi connectivity index (χ4v) is 4.34. The van der Waals surface area contributed by atoms with Crippen LogP contribution >= 0.6 is 11.3 Å². The van der Waals surface area contributed by atoms with Crippen molar-refractivity contribution in [2.45, 2.75) is 18.2 Å². The number of aromatic nitrogens is 2. The Labute approximate surface area is 169 Å². The van der Waals surface area contributed by atoms with Gasteiger partial charge in [0, 0.05) is 6.07 Å². The molecule has 1 aromatic heterocycles. The number of nitro benzene ring substituents is 1. The second-order valence-electron chi connectivity index (χ2n) is 5.68. The lowest BCUT2D eigenvalue weighted by molar-refractivity contribution is -0.387. The highest BCUT2D eigenvalue weighted by Gasteiger charge is 2.26. The van der Waals surface area contributed by atoms with Gasteiger partial charge in [0.2, 0.25) is 5.13 Å². The molecule has 0 saturated carbocycles. The Bertz CT molecular complexity index is 1180. The molecule has 0 aliphatic rings. The molecule has 3 aromatic rings. The molecular weight excluding hydrogens is 418 g/mol. The number of nitrogens with one attached hydrogen (secondary N) is 2. The van der Waals surface area contributed by atoms with E-state index >= 15 is 0 Å². The summed E-state index contributed by atoms with van der Waals surface area (Å²) in [6.45, 7) is 1.90. The van der Waals surface area contributed by atoms with Gasteiger partial charge in [0.1, 0.15) is 5.01 Å². The summed E-state index contributed by atoms with van der Waals surface area (Å²) in [6.07, 6.45) is 0.666. The SMILES string of the molecule is CCc1nnc(NC(=O)c2ccccc2NS(=O)(=O)c2ccccc2[N+](=O)[O-])s1. The lowest BCUT2D eigenvalue weighted by Gasteiger charge is -2.12. The summed E-state index contributed by atoms with van der Waals surface area (Å²) in [4.78, 5) is 22.5. The van der Waals surface area contributed by atoms with Crippen molar-refractivity contribution in [2.24, 2.45) is 0 Å². The summed E-state index contributed by atoms with van der Waals surface area (Å²) >= 11 is 1.21. The van der Waals surface area contributed by atoms with Crippen molar-refractivity contribution < 1.29 is 18.1 Å². The summed E-state index contributed by atoms with van der Waals surface area (Å²) in [5, 5.41) is 22.5. The predicted octanol–water partition coefficient (Wildman–Crippen LogP) is 3.06. The number of hydrogen-bond acceptors (Lipinski definition) is 8. The molecule has 29 heavy (non-hydrogen) atoms. The van der Waals surface area contributed by atoms with Gasteiger partial charge in [-0.3, -0.25) is 24.9 Å². The van der Waals surface area contributed by atoms with Crippen LogP contribution in [0, 0.1) is 10.1 Å². The molecule has 3 rings (SSSR count). The molecule has 1 amide bonds. The number of carbonyl (C=O) groups excluding carboxylic acids is 1. The van der Waals surface area contributed by atoms with Crippen molar-refractivity contribution in [3.63, 3.8) is 0 Å².